The SMILES string of the molecule is CN=C(NOC=O)c1nc(N)c(NC)c(N[C@H](C)C2CCC2)n1. The second-order valence-electron chi connectivity index (χ2n) is 5.42. The lowest BCUT2D eigenvalue weighted by Crippen LogP contribution is -2.32. The molecule has 1 aromatic rings. The molecule has 1 saturated carbocycles. The van der Waals surface area contributed by atoms with Crippen molar-refractivity contribution in [2.75, 3.05) is 30.5 Å². The standard InChI is InChI=1S/C14H23N7O2/c1-8(9-5-4-6-9)18-12-10(16-2)11(15)19-14(20-12)13(17-3)21-23-7-22/h7-9,16H,4-6H2,1-3H3,(H,17,21)(H3,15,18,19,20)/t8-/m1/s1. The van der Waals surface area contributed by atoms with Gasteiger partial charge in [-0.05, 0) is 25.7 Å². The van der Waals surface area contributed by atoms with Crippen LogP contribution < -0.4 is 21.8 Å². The first-order valence-corrected chi connectivity index (χ1v) is 7.55. The lowest BCUT2D eigenvalue weighted by molar-refractivity contribution is -0.132. The van der Waals surface area contributed by atoms with Crippen LogP contribution in [-0.2, 0) is 9.63 Å². The number of hydrogen-bond donors (Lipinski definition) is 4. The minimum Gasteiger partial charge on any atom is -0.382 e. The van der Waals surface area contributed by atoms with E-state index in [2.05, 4.69) is 42.8 Å². The van der Waals surface area contributed by atoms with E-state index in [0.717, 1.165) is 0 Å². The third-order valence-corrected chi connectivity index (χ3v) is 4.05. The van der Waals surface area contributed by atoms with Gasteiger partial charge in [0.1, 0.15) is 5.69 Å². The van der Waals surface area contributed by atoms with Crippen LogP contribution in [0.4, 0.5) is 17.3 Å². The molecule has 0 bridgehead atoms. The molecule has 2 rings (SSSR count). The Morgan fingerprint density at radius 2 is 2.22 bits per heavy atom. The van der Waals surface area contributed by atoms with Gasteiger partial charge in [0.15, 0.2) is 11.6 Å². The van der Waals surface area contributed by atoms with E-state index >= 15 is 0 Å². The summed E-state index contributed by atoms with van der Waals surface area (Å²) in [7, 11) is 3.29. The molecule has 1 aliphatic carbocycles. The van der Waals surface area contributed by atoms with Crippen molar-refractivity contribution in [1.29, 1.82) is 0 Å². The van der Waals surface area contributed by atoms with E-state index in [9.17, 15) is 4.79 Å². The minimum atomic E-state index is 0.214. The number of aromatic nitrogens is 2. The number of carbonyl (C=O) groups is 1. The van der Waals surface area contributed by atoms with Gasteiger partial charge in [0, 0.05) is 20.1 Å². The Balaban J connectivity index is 2.29. The molecule has 126 valence electrons. The summed E-state index contributed by atoms with van der Waals surface area (Å²) in [4.78, 5) is 27.4. The first-order chi connectivity index (χ1) is 11.1. The topological polar surface area (TPSA) is 127 Å². The molecule has 0 spiro atoms. The van der Waals surface area contributed by atoms with E-state index in [1.54, 1.807) is 7.05 Å². The molecule has 9 nitrogen and oxygen atoms in total. The maximum absolute atomic E-state index is 10.3. The highest BCUT2D eigenvalue weighted by Gasteiger charge is 2.25. The Labute approximate surface area is 135 Å². The van der Waals surface area contributed by atoms with Crippen LogP contribution in [0.25, 0.3) is 0 Å². The maximum Gasteiger partial charge on any atom is 0.320 e. The molecule has 23 heavy (non-hydrogen) atoms. The molecular weight excluding hydrogens is 298 g/mol. The summed E-state index contributed by atoms with van der Waals surface area (Å²) < 4.78 is 0. The van der Waals surface area contributed by atoms with Crippen molar-refractivity contribution in [2.24, 2.45) is 10.9 Å². The minimum absolute atomic E-state index is 0.214. The number of rotatable bonds is 7. The quantitative estimate of drug-likeness (QED) is 0.251. The molecule has 1 heterocycles. The van der Waals surface area contributed by atoms with E-state index in [0.29, 0.717) is 17.4 Å². The molecule has 0 saturated heterocycles. The van der Waals surface area contributed by atoms with Crippen molar-refractivity contribution < 1.29 is 9.63 Å². The number of nitrogen functional groups attached to an aromatic ring is 1. The van der Waals surface area contributed by atoms with Gasteiger partial charge in [0.2, 0.25) is 11.7 Å². The van der Waals surface area contributed by atoms with Crippen LogP contribution in [0.5, 0.6) is 0 Å². The van der Waals surface area contributed by atoms with Crippen molar-refractivity contribution in [1.82, 2.24) is 15.4 Å². The predicted octanol–water partition coefficient (Wildman–Crippen LogP) is 0.755. The van der Waals surface area contributed by atoms with Gasteiger partial charge in [-0.3, -0.25) is 9.79 Å². The molecule has 9 heteroatoms. The average molecular weight is 321 g/mol. The van der Waals surface area contributed by atoms with Crippen molar-refractivity contribution in [2.45, 2.75) is 32.2 Å². The Hall–Kier alpha value is -2.58. The smallest absolute Gasteiger partial charge is 0.320 e. The second-order valence-corrected chi connectivity index (χ2v) is 5.42. The highest BCUT2D eigenvalue weighted by molar-refractivity contribution is 5.96. The maximum atomic E-state index is 10.3. The summed E-state index contributed by atoms with van der Waals surface area (Å²) in [5.41, 5.74) is 9.02. The van der Waals surface area contributed by atoms with E-state index in [4.69, 9.17) is 5.73 Å². The fraction of sp³-hybridized carbons (Fsp3) is 0.571. The Bertz CT molecular complexity index is 587. The van der Waals surface area contributed by atoms with E-state index in [1.165, 1.54) is 26.3 Å². The largest absolute Gasteiger partial charge is 0.382 e. The molecule has 1 fully saturated rings. The zero-order chi connectivity index (χ0) is 16.8. The average Bonchev–Trinajstić information content (AvgIpc) is 2.46. The number of carbonyl (C=O) groups excluding carboxylic acids is 1. The summed E-state index contributed by atoms with van der Waals surface area (Å²) in [6, 6.07) is 0.277. The number of nitrogens with one attached hydrogen (secondary N) is 3. The van der Waals surface area contributed by atoms with Crippen LogP contribution in [0.2, 0.25) is 0 Å². The molecule has 1 atom stereocenters. The monoisotopic (exact) mass is 321 g/mol. The normalized spacial score (nSPS) is 16.2. The van der Waals surface area contributed by atoms with E-state index in [1.807, 2.05) is 0 Å². The summed E-state index contributed by atoms with van der Waals surface area (Å²) in [6.45, 7) is 2.39. The van der Waals surface area contributed by atoms with Crippen LogP contribution in [0.1, 0.15) is 32.0 Å². The zero-order valence-corrected chi connectivity index (χ0v) is 13.6. The highest BCUT2D eigenvalue weighted by Crippen LogP contribution is 2.33. The molecule has 1 aliphatic rings. The van der Waals surface area contributed by atoms with Gasteiger partial charge in [-0.2, -0.15) is 5.48 Å². The molecule has 0 aliphatic heterocycles. The van der Waals surface area contributed by atoms with Gasteiger partial charge in [0.05, 0.1) is 0 Å². The van der Waals surface area contributed by atoms with Crippen LogP contribution in [0, 0.1) is 5.92 Å². The van der Waals surface area contributed by atoms with Crippen LogP contribution >= 0.6 is 0 Å². The first-order valence-electron chi connectivity index (χ1n) is 7.55. The molecule has 1 aromatic heterocycles. The lowest BCUT2D eigenvalue weighted by Gasteiger charge is -2.32. The first kappa shape index (κ1) is 16.8. The number of hydrogen-bond acceptors (Lipinski definition) is 8. The summed E-state index contributed by atoms with van der Waals surface area (Å²) in [5, 5.41) is 6.40. The molecule has 0 unspecified atom stereocenters. The van der Waals surface area contributed by atoms with Gasteiger partial charge in [-0.25, -0.2) is 9.97 Å². The number of amidine groups is 1. The van der Waals surface area contributed by atoms with Crippen molar-refractivity contribution in [3.63, 3.8) is 0 Å². The highest BCUT2D eigenvalue weighted by atomic mass is 16.7. The third-order valence-electron chi connectivity index (χ3n) is 4.05. The van der Waals surface area contributed by atoms with Crippen molar-refractivity contribution in [3.05, 3.63) is 5.82 Å². The van der Waals surface area contributed by atoms with E-state index < -0.39 is 0 Å². The van der Waals surface area contributed by atoms with Gasteiger partial charge >= 0.3 is 6.47 Å². The Kier molecular flexibility index (Phi) is 5.56. The van der Waals surface area contributed by atoms with Gasteiger partial charge in [-0.15, -0.1) is 0 Å². The fourth-order valence-electron chi connectivity index (χ4n) is 2.48. The summed E-state index contributed by atoms with van der Waals surface area (Å²) in [5.74, 6) is 1.98. The number of nitrogens with two attached hydrogens (primary N) is 1. The van der Waals surface area contributed by atoms with Gasteiger partial charge in [0.25, 0.3) is 0 Å². The van der Waals surface area contributed by atoms with E-state index in [-0.39, 0.29) is 30.0 Å². The number of aliphatic imine (C=N–C) groups is 1. The lowest BCUT2D eigenvalue weighted by atomic mass is 9.80. The van der Waals surface area contributed by atoms with Gasteiger partial charge < -0.3 is 21.2 Å². The molecule has 0 aromatic carbocycles. The van der Waals surface area contributed by atoms with Crippen molar-refractivity contribution >= 4 is 29.6 Å². The van der Waals surface area contributed by atoms with Crippen molar-refractivity contribution in [3.8, 4) is 0 Å². The predicted molar refractivity (Wildman–Crippen MR) is 89.2 cm³/mol. The second kappa shape index (κ2) is 7.61. The number of nitrogens with zero attached hydrogens (tertiary/aromatic N) is 3. The third kappa shape index (κ3) is 3.79. The van der Waals surface area contributed by atoms with Crippen LogP contribution in [0.15, 0.2) is 4.99 Å². The Morgan fingerprint density at radius 3 is 2.74 bits per heavy atom. The van der Waals surface area contributed by atoms with Crippen LogP contribution in [0.3, 0.4) is 0 Å². The molecular formula is C14H23N7O2. The van der Waals surface area contributed by atoms with Gasteiger partial charge in [-0.1, -0.05) is 6.42 Å². The number of anilines is 3. The zero-order valence-electron chi connectivity index (χ0n) is 13.6. The fourth-order valence-corrected chi connectivity index (χ4v) is 2.48. The Morgan fingerprint density at radius 1 is 1.48 bits per heavy atom. The number of hydroxylamine groups is 1. The molecule has 0 radical (unpaired) electrons. The molecule has 0 amide bonds. The summed E-state index contributed by atoms with van der Waals surface area (Å²) >= 11 is 0. The molecule has 5 N–H and O–H groups in total. The van der Waals surface area contributed by atoms with Crippen LogP contribution in [-0.4, -0.2) is 42.4 Å². The summed E-state index contributed by atoms with van der Waals surface area (Å²) in [6.07, 6.45) is 3.70.